The Labute approximate surface area is 230 Å². The van der Waals surface area contributed by atoms with Gasteiger partial charge in [-0.05, 0) is 42.7 Å². The molecule has 0 unspecified atom stereocenters. The third-order valence-electron chi connectivity index (χ3n) is 7.47. The third kappa shape index (κ3) is 3.82. The van der Waals surface area contributed by atoms with Crippen LogP contribution in [0.15, 0.2) is 79.3 Å². The van der Waals surface area contributed by atoms with Crippen molar-refractivity contribution < 1.29 is 4.79 Å². The molecule has 6 aromatic rings. The van der Waals surface area contributed by atoms with Crippen molar-refractivity contribution >= 4 is 34.3 Å². The summed E-state index contributed by atoms with van der Waals surface area (Å²) in [6.07, 6.45) is 5.46. The molecule has 4 aromatic heterocycles. The van der Waals surface area contributed by atoms with Gasteiger partial charge in [0.25, 0.3) is 5.91 Å². The Kier molecular flexibility index (Phi) is 5.45. The highest BCUT2D eigenvalue weighted by Crippen LogP contribution is 2.39. The predicted molar refractivity (Wildman–Crippen MR) is 155 cm³/mol. The first-order valence-corrected chi connectivity index (χ1v) is 13.0. The fraction of sp³-hybridized carbons (Fsp3) is 0.129. The Bertz CT molecular complexity index is 1900. The molecule has 1 aliphatic heterocycles. The van der Waals surface area contributed by atoms with Crippen LogP contribution in [0.3, 0.4) is 0 Å². The van der Waals surface area contributed by atoms with Crippen LogP contribution in [0.5, 0.6) is 0 Å². The van der Waals surface area contributed by atoms with Gasteiger partial charge < -0.3 is 15.2 Å². The summed E-state index contributed by atoms with van der Waals surface area (Å²) in [5.74, 6) is 1.05. The molecule has 1 aliphatic rings. The van der Waals surface area contributed by atoms with Gasteiger partial charge in [-0.1, -0.05) is 42.5 Å². The number of nitrogens with one attached hydrogen (secondary N) is 2. The summed E-state index contributed by atoms with van der Waals surface area (Å²) in [5, 5.41) is 8.63. The van der Waals surface area contributed by atoms with E-state index in [0.29, 0.717) is 24.0 Å². The molecule has 0 radical (unpaired) electrons. The molecule has 1 amide bonds. The summed E-state index contributed by atoms with van der Waals surface area (Å²) in [6, 6.07) is 20.0. The van der Waals surface area contributed by atoms with Gasteiger partial charge in [0, 0.05) is 53.9 Å². The lowest BCUT2D eigenvalue weighted by atomic mass is 10.0. The molecule has 0 saturated carbocycles. The molecule has 196 valence electrons. The molecule has 5 heterocycles. The third-order valence-corrected chi connectivity index (χ3v) is 7.47. The summed E-state index contributed by atoms with van der Waals surface area (Å²) in [7, 11) is 1.90. The van der Waals surface area contributed by atoms with E-state index in [1.807, 2.05) is 75.6 Å². The van der Waals surface area contributed by atoms with Crippen LogP contribution in [0.4, 0.5) is 17.5 Å². The number of pyridine rings is 1. The SMILES string of the molecule is Cc1cnc(Nc2cc(C)n(C)n2)nc1-c1c[nH]c2c(N3Cc4c(-c5ccccc5)ccnc4C3=O)cccc12. The fourth-order valence-electron chi connectivity index (χ4n) is 5.35. The Hall–Kier alpha value is -5.31. The zero-order valence-corrected chi connectivity index (χ0v) is 22.3. The summed E-state index contributed by atoms with van der Waals surface area (Å²) in [4.78, 5) is 32.6. The van der Waals surface area contributed by atoms with E-state index >= 15 is 0 Å². The zero-order chi connectivity index (χ0) is 27.4. The number of aromatic amines is 1. The van der Waals surface area contributed by atoms with Gasteiger partial charge in [-0.15, -0.1) is 0 Å². The van der Waals surface area contributed by atoms with Gasteiger partial charge in [0.2, 0.25) is 5.95 Å². The quantitative estimate of drug-likeness (QED) is 0.288. The van der Waals surface area contributed by atoms with E-state index in [4.69, 9.17) is 4.98 Å². The van der Waals surface area contributed by atoms with Gasteiger partial charge in [0.05, 0.1) is 23.4 Å². The molecular formula is C31H26N8O. The van der Waals surface area contributed by atoms with Gasteiger partial charge in [-0.3, -0.25) is 14.5 Å². The molecular weight excluding hydrogens is 500 g/mol. The highest BCUT2D eigenvalue weighted by atomic mass is 16.2. The molecule has 2 N–H and O–H groups in total. The maximum Gasteiger partial charge on any atom is 0.277 e. The number of hydrogen-bond donors (Lipinski definition) is 2. The van der Waals surface area contributed by atoms with Crippen molar-refractivity contribution in [3.63, 3.8) is 0 Å². The van der Waals surface area contributed by atoms with Crippen LogP contribution in [0.25, 0.3) is 33.3 Å². The molecule has 0 fully saturated rings. The lowest BCUT2D eigenvalue weighted by Crippen LogP contribution is -2.23. The number of carbonyl (C=O) groups excluding carboxylic acids is 1. The van der Waals surface area contributed by atoms with E-state index in [0.717, 1.165) is 55.8 Å². The molecule has 9 nitrogen and oxygen atoms in total. The first kappa shape index (κ1) is 23.8. The van der Waals surface area contributed by atoms with Gasteiger partial charge in [-0.25, -0.2) is 9.97 Å². The smallest absolute Gasteiger partial charge is 0.277 e. The topological polar surface area (TPSA) is 105 Å². The van der Waals surface area contributed by atoms with Crippen molar-refractivity contribution in [3.8, 4) is 22.4 Å². The van der Waals surface area contributed by atoms with Crippen LogP contribution < -0.4 is 10.2 Å². The van der Waals surface area contributed by atoms with E-state index in [1.54, 1.807) is 22.0 Å². The molecule has 0 atom stereocenters. The average molecular weight is 527 g/mol. The maximum atomic E-state index is 13.6. The maximum absolute atomic E-state index is 13.6. The van der Waals surface area contributed by atoms with Crippen molar-refractivity contribution in [3.05, 3.63) is 102 Å². The van der Waals surface area contributed by atoms with E-state index in [9.17, 15) is 4.79 Å². The summed E-state index contributed by atoms with van der Waals surface area (Å²) < 4.78 is 1.80. The van der Waals surface area contributed by atoms with Crippen molar-refractivity contribution in [2.45, 2.75) is 20.4 Å². The molecule has 7 rings (SSSR count). The molecule has 9 heteroatoms. The molecule has 0 saturated heterocycles. The summed E-state index contributed by atoms with van der Waals surface area (Å²) in [5.41, 5.74) is 8.92. The number of anilines is 3. The highest BCUT2D eigenvalue weighted by Gasteiger charge is 2.33. The average Bonchev–Trinajstić information content (AvgIpc) is 3.65. The molecule has 40 heavy (non-hydrogen) atoms. The van der Waals surface area contributed by atoms with E-state index in [1.165, 1.54) is 0 Å². The molecule has 2 aromatic carbocycles. The minimum Gasteiger partial charge on any atom is -0.359 e. The standard InChI is InChI=1S/C31H26N8O/c1-18-15-34-31(35-26-14-19(2)38(3)37-26)36-27(18)23-16-33-28-22(23)10-7-11-25(28)39-17-24-21(20-8-5-4-6-9-20)12-13-32-29(24)30(39)40/h4-16,33H,17H2,1-3H3,(H,34,35,36,37). The Morgan fingerprint density at radius 1 is 0.950 bits per heavy atom. The Balaban J connectivity index is 1.26. The number of fused-ring (bicyclic) bond motifs is 2. The molecule has 0 bridgehead atoms. The van der Waals surface area contributed by atoms with Crippen molar-refractivity contribution in [2.75, 3.05) is 10.2 Å². The first-order valence-electron chi connectivity index (χ1n) is 13.0. The number of para-hydroxylation sites is 1. The Morgan fingerprint density at radius 2 is 1.80 bits per heavy atom. The lowest BCUT2D eigenvalue weighted by Gasteiger charge is -2.17. The second kappa shape index (κ2) is 9.16. The summed E-state index contributed by atoms with van der Waals surface area (Å²) in [6.45, 7) is 4.43. The number of benzene rings is 2. The largest absolute Gasteiger partial charge is 0.359 e. The van der Waals surface area contributed by atoms with Crippen LogP contribution in [0.2, 0.25) is 0 Å². The van der Waals surface area contributed by atoms with Gasteiger partial charge in [-0.2, -0.15) is 5.10 Å². The molecule has 0 aliphatic carbocycles. The predicted octanol–water partition coefficient (Wildman–Crippen LogP) is 5.94. The zero-order valence-electron chi connectivity index (χ0n) is 22.3. The number of aryl methyl sites for hydroxylation is 3. The van der Waals surface area contributed by atoms with E-state index < -0.39 is 0 Å². The van der Waals surface area contributed by atoms with E-state index in [-0.39, 0.29) is 5.91 Å². The minimum atomic E-state index is -0.105. The molecule has 0 spiro atoms. The number of aromatic nitrogens is 6. The van der Waals surface area contributed by atoms with Crippen LogP contribution in [-0.4, -0.2) is 35.6 Å². The van der Waals surface area contributed by atoms with Crippen LogP contribution >= 0.6 is 0 Å². The number of hydrogen-bond acceptors (Lipinski definition) is 6. The monoisotopic (exact) mass is 526 g/mol. The number of rotatable bonds is 5. The van der Waals surface area contributed by atoms with Crippen LogP contribution in [0, 0.1) is 13.8 Å². The Morgan fingerprint density at radius 3 is 2.60 bits per heavy atom. The first-order chi connectivity index (χ1) is 19.5. The van der Waals surface area contributed by atoms with E-state index in [2.05, 4.69) is 37.5 Å². The van der Waals surface area contributed by atoms with Gasteiger partial charge in [0.1, 0.15) is 5.69 Å². The van der Waals surface area contributed by atoms with Crippen molar-refractivity contribution in [1.29, 1.82) is 0 Å². The van der Waals surface area contributed by atoms with Crippen LogP contribution in [0.1, 0.15) is 27.3 Å². The van der Waals surface area contributed by atoms with Gasteiger partial charge >= 0.3 is 0 Å². The number of H-pyrrole nitrogens is 1. The number of carbonyl (C=O) groups is 1. The number of amides is 1. The normalized spacial score (nSPS) is 12.8. The van der Waals surface area contributed by atoms with Crippen molar-refractivity contribution in [1.82, 2.24) is 29.7 Å². The highest BCUT2D eigenvalue weighted by molar-refractivity contribution is 6.14. The second-order valence-corrected chi connectivity index (χ2v) is 9.99. The van der Waals surface area contributed by atoms with Gasteiger partial charge in [0.15, 0.2) is 5.82 Å². The minimum absolute atomic E-state index is 0.105. The fourth-order valence-corrected chi connectivity index (χ4v) is 5.35. The van der Waals surface area contributed by atoms with Crippen molar-refractivity contribution in [2.24, 2.45) is 7.05 Å². The number of nitrogens with zero attached hydrogens (tertiary/aromatic N) is 6. The second-order valence-electron chi connectivity index (χ2n) is 9.99. The summed E-state index contributed by atoms with van der Waals surface area (Å²) >= 11 is 0. The van der Waals surface area contributed by atoms with Crippen LogP contribution in [-0.2, 0) is 13.6 Å². The lowest BCUT2D eigenvalue weighted by molar-refractivity contribution is 0.0992.